The fraction of sp³-hybridized carbons (Fsp3) is 0. The van der Waals surface area contributed by atoms with E-state index in [0.717, 1.165) is 0 Å². The number of fused-ring (bicyclic) bond motifs is 1. The Morgan fingerprint density at radius 1 is 1.60 bits per heavy atom. The van der Waals surface area contributed by atoms with Gasteiger partial charge in [-0.15, -0.1) is 12.4 Å². The lowest BCUT2D eigenvalue weighted by molar-refractivity contribution is 0.0698. The third-order valence-corrected chi connectivity index (χ3v) is 2.49. The molecule has 0 atom stereocenters. The lowest BCUT2D eigenvalue weighted by Crippen LogP contribution is -2.00. The molecule has 0 bridgehead atoms. The number of nitrogens with two attached hydrogens (primary N) is 1. The van der Waals surface area contributed by atoms with E-state index in [0.29, 0.717) is 21.2 Å². The van der Waals surface area contributed by atoms with Crippen LogP contribution in [0, 0.1) is 0 Å². The van der Waals surface area contributed by atoms with Gasteiger partial charge in [0.25, 0.3) is 0 Å². The first-order valence-electron chi connectivity index (χ1n) is 3.75. The predicted molar refractivity (Wildman–Crippen MR) is 62.4 cm³/mol. The molecule has 15 heavy (non-hydrogen) atoms. The Hall–Kier alpha value is -1.27. The van der Waals surface area contributed by atoms with E-state index in [4.69, 9.17) is 10.8 Å². The molecule has 0 radical (unpaired) electrons. The third kappa shape index (κ3) is 1.78. The van der Waals surface area contributed by atoms with Gasteiger partial charge in [0, 0.05) is 12.4 Å². The normalized spacial score (nSPS) is 9.93. The molecule has 0 saturated heterocycles. The smallest absolute Gasteiger partial charge is 0.339 e. The number of halogens is 2. The van der Waals surface area contributed by atoms with E-state index in [1.54, 1.807) is 0 Å². The summed E-state index contributed by atoms with van der Waals surface area (Å²) in [5.41, 5.74) is 7.09. The molecule has 0 saturated carbocycles. The molecule has 0 amide bonds. The molecule has 2 aromatic rings. The highest BCUT2D eigenvalue weighted by molar-refractivity contribution is 9.10. The van der Waals surface area contributed by atoms with E-state index in [1.165, 1.54) is 12.4 Å². The van der Waals surface area contributed by atoms with Gasteiger partial charge in [-0.1, -0.05) is 0 Å². The van der Waals surface area contributed by atoms with Crippen molar-refractivity contribution < 1.29 is 9.90 Å². The molecular weight excluding hydrogens is 285 g/mol. The highest BCUT2D eigenvalue weighted by Crippen LogP contribution is 2.26. The molecule has 0 aliphatic heterocycles. The maximum absolute atomic E-state index is 10.9. The quantitative estimate of drug-likeness (QED) is 0.750. The van der Waals surface area contributed by atoms with Gasteiger partial charge in [-0.05, 0) is 15.9 Å². The minimum absolute atomic E-state index is 0. The summed E-state index contributed by atoms with van der Waals surface area (Å²) in [4.78, 5) is 17.7. The Morgan fingerprint density at radius 2 is 2.27 bits per heavy atom. The van der Waals surface area contributed by atoms with Crippen LogP contribution in [-0.4, -0.2) is 21.0 Å². The van der Waals surface area contributed by atoms with Gasteiger partial charge < -0.3 is 15.8 Å². The van der Waals surface area contributed by atoms with Crippen LogP contribution in [0.25, 0.3) is 11.0 Å². The summed E-state index contributed by atoms with van der Waals surface area (Å²) in [5.74, 6) is -1.02. The van der Waals surface area contributed by atoms with Gasteiger partial charge in [0.2, 0.25) is 0 Å². The summed E-state index contributed by atoms with van der Waals surface area (Å²) in [7, 11) is 0. The van der Waals surface area contributed by atoms with Crippen molar-refractivity contribution in [2.24, 2.45) is 0 Å². The van der Waals surface area contributed by atoms with E-state index in [1.807, 2.05) is 0 Å². The molecule has 2 aromatic heterocycles. The van der Waals surface area contributed by atoms with Crippen molar-refractivity contribution in [1.82, 2.24) is 9.97 Å². The zero-order valence-electron chi connectivity index (χ0n) is 7.32. The summed E-state index contributed by atoms with van der Waals surface area (Å²) in [5, 5.41) is 8.95. The lowest BCUT2D eigenvalue weighted by atomic mass is 10.2. The minimum Gasteiger partial charge on any atom is -0.478 e. The summed E-state index contributed by atoms with van der Waals surface area (Å²) >= 11 is 3.12. The largest absolute Gasteiger partial charge is 0.478 e. The SMILES string of the molecule is Cl.Nc1c[nH]c2c(C(=O)O)c(Br)cnc12. The average molecular weight is 293 g/mol. The second-order valence-corrected chi connectivity index (χ2v) is 3.61. The molecule has 0 unspecified atom stereocenters. The summed E-state index contributed by atoms with van der Waals surface area (Å²) in [6.45, 7) is 0. The molecule has 80 valence electrons. The van der Waals surface area contributed by atoms with E-state index in [9.17, 15) is 4.79 Å². The van der Waals surface area contributed by atoms with Crippen LogP contribution in [0.2, 0.25) is 0 Å². The standard InChI is InChI=1S/C8H6BrN3O2.ClH/c9-3-1-11-6-4(10)2-12-7(6)5(3)8(13)14;/h1-2,12H,10H2,(H,13,14);1H. The minimum atomic E-state index is -1.02. The summed E-state index contributed by atoms with van der Waals surface area (Å²) < 4.78 is 0.430. The third-order valence-electron chi connectivity index (χ3n) is 1.89. The first-order chi connectivity index (χ1) is 6.61. The van der Waals surface area contributed by atoms with Crippen LogP contribution in [0.4, 0.5) is 5.69 Å². The first-order valence-corrected chi connectivity index (χ1v) is 4.55. The monoisotopic (exact) mass is 291 g/mol. The van der Waals surface area contributed by atoms with E-state index >= 15 is 0 Å². The number of carboxylic acid groups (broad SMARTS) is 1. The number of nitrogens with one attached hydrogen (secondary N) is 1. The number of rotatable bonds is 1. The molecular formula is C8H7BrClN3O2. The predicted octanol–water partition coefficient (Wildman–Crippen LogP) is 2.03. The van der Waals surface area contributed by atoms with E-state index in [-0.39, 0.29) is 18.0 Å². The average Bonchev–Trinajstić information content (AvgIpc) is 2.47. The van der Waals surface area contributed by atoms with Crippen LogP contribution in [0.5, 0.6) is 0 Å². The number of aromatic nitrogens is 2. The highest BCUT2D eigenvalue weighted by Gasteiger charge is 2.16. The number of hydrogen-bond acceptors (Lipinski definition) is 3. The van der Waals surface area contributed by atoms with Gasteiger partial charge in [0.05, 0.1) is 15.7 Å². The second kappa shape index (κ2) is 4.08. The van der Waals surface area contributed by atoms with Crippen molar-refractivity contribution in [1.29, 1.82) is 0 Å². The van der Waals surface area contributed by atoms with Gasteiger partial charge in [-0.2, -0.15) is 0 Å². The first kappa shape index (κ1) is 11.8. The maximum atomic E-state index is 10.9. The number of aromatic amines is 1. The van der Waals surface area contributed by atoms with Gasteiger partial charge in [0.15, 0.2) is 0 Å². The Morgan fingerprint density at radius 3 is 2.87 bits per heavy atom. The van der Waals surface area contributed by atoms with Crippen molar-refractivity contribution >= 4 is 51.0 Å². The zero-order valence-corrected chi connectivity index (χ0v) is 9.72. The van der Waals surface area contributed by atoms with Gasteiger partial charge in [0.1, 0.15) is 11.1 Å². The molecule has 0 fully saturated rings. The molecule has 0 spiro atoms. The Labute approximate surface area is 99.2 Å². The molecule has 2 rings (SSSR count). The fourth-order valence-corrected chi connectivity index (χ4v) is 1.75. The lowest BCUT2D eigenvalue weighted by Gasteiger charge is -1.99. The van der Waals surface area contributed by atoms with E-state index in [2.05, 4.69) is 25.9 Å². The number of pyridine rings is 1. The van der Waals surface area contributed by atoms with Gasteiger partial charge in [-0.3, -0.25) is 4.98 Å². The van der Waals surface area contributed by atoms with Crippen LogP contribution >= 0.6 is 28.3 Å². The second-order valence-electron chi connectivity index (χ2n) is 2.75. The molecule has 0 aliphatic carbocycles. The van der Waals surface area contributed by atoms with Crippen LogP contribution in [0.3, 0.4) is 0 Å². The van der Waals surface area contributed by atoms with Crippen molar-refractivity contribution in [3.05, 3.63) is 22.4 Å². The number of aromatic carboxylic acids is 1. The number of anilines is 1. The molecule has 4 N–H and O–H groups in total. The molecule has 0 aromatic carbocycles. The number of nitrogen functional groups attached to an aromatic ring is 1. The topological polar surface area (TPSA) is 92.0 Å². The summed E-state index contributed by atoms with van der Waals surface area (Å²) in [6, 6.07) is 0. The van der Waals surface area contributed by atoms with Crippen molar-refractivity contribution in [3.63, 3.8) is 0 Å². The maximum Gasteiger partial charge on any atom is 0.339 e. The number of H-pyrrole nitrogens is 1. The van der Waals surface area contributed by atoms with Gasteiger partial charge >= 0.3 is 5.97 Å². The highest BCUT2D eigenvalue weighted by atomic mass is 79.9. The number of hydrogen-bond donors (Lipinski definition) is 3. The van der Waals surface area contributed by atoms with E-state index < -0.39 is 5.97 Å². The molecule has 2 heterocycles. The zero-order chi connectivity index (χ0) is 10.3. The summed E-state index contributed by atoms with van der Waals surface area (Å²) in [6.07, 6.45) is 2.95. The van der Waals surface area contributed by atoms with Crippen LogP contribution < -0.4 is 5.73 Å². The molecule has 5 nitrogen and oxygen atoms in total. The Balaban J connectivity index is 0.00000112. The van der Waals surface area contributed by atoms with Crippen molar-refractivity contribution in [3.8, 4) is 0 Å². The van der Waals surface area contributed by atoms with Crippen molar-refractivity contribution in [2.45, 2.75) is 0 Å². The van der Waals surface area contributed by atoms with Crippen LogP contribution in [0.15, 0.2) is 16.9 Å². The fourth-order valence-electron chi connectivity index (χ4n) is 1.27. The van der Waals surface area contributed by atoms with Crippen LogP contribution in [0.1, 0.15) is 10.4 Å². The van der Waals surface area contributed by atoms with Crippen LogP contribution in [-0.2, 0) is 0 Å². The molecule has 7 heteroatoms. The Bertz CT molecular complexity index is 526. The molecule has 0 aliphatic rings. The number of nitrogens with zero attached hydrogens (tertiary/aromatic N) is 1. The number of carboxylic acids is 1. The number of carbonyl (C=O) groups is 1. The van der Waals surface area contributed by atoms with Crippen molar-refractivity contribution in [2.75, 3.05) is 5.73 Å². The Kier molecular flexibility index (Phi) is 3.21. The van der Waals surface area contributed by atoms with Gasteiger partial charge in [-0.25, -0.2) is 4.79 Å².